The van der Waals surface area contributed by atoms with Gasteiger partial charge in [-0.1, -0.05) is 0 Å². The fraction of sp³-hybridized carbons (Fsp3) is 0.125. The van der Waals surface area contributed by atoms with Gasteiger partial charge >= 0.3 is 12.4 Å². The van der Waals surface area contributed by atoms with Gasteiger partial charge in [0.1, 0.15) is 5.69 Å². The number of rotatable bonds is 3. The van der Waals surface area contributed by atoms with Crippen molar-refractivity contribution in [2.24, 2.45) is 0 Å². The Morgan fingerprint density at radius 2 is 1.50 bits per heavy atom. The number of hydrogen-bond donors (Lipinski definition) is 1. The van der Waals surface area contributed by atoms with Crippen LogP contribution in [0.25, 0.3) is 11.5 Å². The molecular formula is C16H8F6N4OS. The number of amides is 1. The van der Waals surface area contributed by atoms with Crippen LogP contribution in [0.5, 0.6) is 0 Å². The minimum Gasteiger partial charge on any atom is -0.297 e. The summed E-state index contributed by atoms with van der Waals surface area (Å²) >= 11 is 0.749. The monoisotopic (exact) mass is 418 g/mol. The number of nitrogens with zero attached hydrogens (tertiary/aromatic N) is 3. The van der Waals surface area contributed by atoms with Gasteiger partial charge in [-0.25, -0.2) is 0 Å². The minimum atomic E-state index is -4.53. The van der Waals surface area contributed by atoms with E-state index in [2.05, 4.69) is 19.7 Å². The van der Waals surface area contributed by atoms with Gasteiger partial charge in [0.2, 0.25) is 5.13 Å². The molecule has 0 unspecified atom stereocenters. The molecule has 1 amide bonds. The molecule has 0 fully saturated rings. The van der Waals surface area contributed by atoms with Gasteiger partial charge in [-0.05, 0) is 36.4 Å². The van der Waals surface area contributed by atoms with Gasteiger partial charge in [-0.2, -0.15) is 35.7 Å². The molecule has 0 atom stereocenters. The number of alkyl halides is 6. The number of pyridine rings is 1. The average molecular weight is 418 g/mol. The number of nitrogens with one attached hydrogen (secondary N) is 1. The normalized spacial score (nSPS) is 12.1. The first-order chi connectivity index (χ1) is 13.0. The minimum absolute atomic E-state index is 0.00134. The molecular weight excluding hydrogens is 410 g/mol. The molecule has 146 valence electrons. The van der Waals surface area contributed by atoms with Gasteiger partial charge in [0.15, 0.2) is 5.82 Å². The van der Waals surface area contributed by atoms with Gasteiger partial charge in [0.05, 0.1) is 11.1 Å². The van der Waals surface area contributed by atoms with E-state index in [4.69, 9.17) is 0 Å². The van der Waals surface area contributed by atoms with Crippen molar-refractivity contribution >= 4 is 22.6 Å². The van der Waals surface area contributed by atoms with Crippen molar-refractivity contribution < 1.29 is 31.1 Å². The lowest BCUT2D eigenvalue weighted by Gasteiger charge is -2.07. The molecule has 0 aliphatic heterocycles. The Kier molecular flexibility index (Phi) is 5.06. The smallest absolute Gasteiger partial charge is 0.297 e. The van der Waals surface area contributed by atoms with E-state index in [0.29, 0.717) is 6.20 Å². The van der Waals surface area contributed by atoms with Crippen molar-refractivity contribution in [2.75, 3.05) is 5.32 Å². The number of halogens is 6. The van der Waals surface area contributed by atoms with Crippen molar-refractivity contribution in [1.29, 1.82) is 0 Å². The third-order valence-electron chi connectivity index (χ3n) is 3.44. The number of aromatic nitrogens is 3. The van der Waals surface area contributed by atoms with Crippen LogP contribution >= 0.6 is 11.5 Å². The Bertz CT molecular complexity index is 980. The second-order valence-electron chi connectivity index (χ2n) is 5.38. The third-order valence-corrected chi connectivity index (χ3v) is 4.07. The lowest BCUT2D eigenvalue weighted by atomic mass is 10.1. The molecule has 12 heteroatoms. The summed E-state index contributed by atoms with van der Waals surface area (Å²) in [7, 11) is 0. The maximum absolute atomic E-state index is 12.5. The van der Waals surface area contributed by atoms with Gasteiger partial charge in [-0.3, -0.25) is 15.1 Å². The van der Waals surface area contributed by atoms with E-state index in [9.17, 15) is 31.1 Å². The van der Waals surface area contributed by atoms with Crippen molar-refractivity contribution in [3.8, 4) is 11.5 Å². The highest BCUT2D eigenvalue weighted by molar-refractivity contribution is 7.10. The Morgan fingerprint density at radius 3 is 2.04 bits per heavy atom. The predicted molar refractivity (Wildman–Crippen MR) is 87.5 cm³/mol. The zero-order chi connectivity index (χ0) is 20.5. The Labute approximate surface area is 157 Å². The van der Waals surface area contributed by atoms with E-state index in [1.165, 1.54) is 0 Å². The third kappa shape index (κ3) is 4.44. The van der Waals surface area contributed by atoms with Crippen LogP contribution in [0.1, 0.15) is 21.5 Å². The van der Waals surface area contributed by atoms with Crippen LogP contribution in [0.4, 0.5) is 31.5 Å². The summed E-state index contributed by atoms with van der Waals surface area (Å²) in [5.74, 6) is -0.710. The SMILES string of the molecule is O=C(Nc1nc(-c2ccc(C(F)(F)F)cn2)ns1)c1ccc(C(F)(F)F)cc1. The first-order valence-corrected chi connectivity index (χ1v) is 8.17. The molecule has 2 heterocycles. The average Bonchev–Trinajstić information content (AvgIpc) is 3.09. The second-order valence-corrected chi connectivity index (χ2v) is 6.13. The molecule has 5 nitrogen and oxygen atoms in total. The summed E-state index contributed by atoms with van der Waals surface area (Å²) in [5.41, 5.74) is -1.78. The molecule has 0 bridgehead atoms. The zero-order valence-corrected chi connectivity index (χ0v) is 14.3. The van der Waals surface area contributed by atoms with E-state index in [1.54, 1.807) is 0 Å². The Morgan fingerprint density at radius 1 is 0.893 bits per heavy atom. The molecule has 0 spiro atoms. The number of anilines is 1. The summed E-state index contributed by atoms with van der Waals surface area (Å²) in [4.78, 5) is 19.7. The summed E-state index contributed by atoms with van der Waals surface area (Å²) in [6, 6.07) is 5.48. The summed E-state index contributed by atoms with van der Waals surface area (Å²) in [5, 5.41) is 2.37. The maximum Gasteiger partial charge on any atom is 0.417 e. The van der Waals surface area contributed by atoms with Crippen molar-refractivity contribution in [3.63, 3.8) is 0 Å². The first kappa shape index (κ1) is 19.7. The molecule has 2 aromatic heterocycles. The van der Waals surface area contributed by atoms with E-state index in [-0.39, 0.29) is 22.2 Å². The Balaban J connectivity index is 1.71. The summed E-state index contributed by atoms with van der Waals surface area (Å²) < 4.78 is 79.1. The van der Waals surface area contributed by atoms with Crippen LogP contribution in [0.15, 0.2) is 42.6 Å². The molecule has 3 rings (SSSR count). The highest BCUT2D eigenvalue weighted by atomic mass is 32.1. The standard InChI is InChI=1S/C16H8F6N4OS/c17-15(18,19)9-3-1-8(2-4-9)13(27)25-14-24-12(26-28-14)11-6-5-10(7-23-11)16(20,21)22/h1-7H,(H,24,25,26,27). The molecule has 0 saturated carbocycles. The zero-order valence-electron chi connectivity index (χ0n) is 13.5. The van der Waals surface area contributed by atoms with Gasteiger partial charge in [0, 0.05) is 23.3 Å². The number of carbonyl (C=O) groups is 1. The predicted octanol–water partition coefficient (Wildman–Crippen LogP) is 4.89. The second kappa shape index (κ2) is 7.19. The van der Waals surface area contributed by atoms with E-state index in [1.807, 2.05) is 0 Å². The van der Waals surface area contributed by atoms with Gasteiger partial charge < -0.3 is 0 Å². The van der Waals surface area contributed by atoms with Crippen molar-refractivity contribution in [2.45, 2.75) is 12.4 Å². The maximum atomic E-state index is 12.5. The molecule has 0 aliphatic rings. The van der Waals surface area contributed by atoms with Crippen molar-refractivity contribution in [3.05, 3.63) is 59.3 Å². The van der Waals surface area contributed by atoms with E-state index < -0.39 is 29.4 Å². The molecule has 0 saturated heterocycles. The van der Waals surface area contributed by atoms with E-state index >= 15 is 0 Å². The fourth-order valence-electron chi connectivity index (χ4n) is 2.05. The lowest BCUT2D eigenvalue weighted by Crippen LogP contribution is -2.12. The van der Waals surface area contributed by atoms with Crippen LogP contribution in [0, 0.1) is 0 Å². The number of benzene rings is 1. The first-order valence-electron chi connectivity index (χ1n) is 7.40. The lowest BCUT2D eigenvalue weighted by molar-refractivity contribution is -0.138. The van der Waals surface area contributed by atoms with Gasteiger partial charge in [0.25, 0.3) is 5.91 Å². The quantitative estimate of drug-likeness (QED) is 0.615. The van der Waals surface area contributed by atoms with Crippen LogP contribution in [0.3, 0.4) is 0 Å². The number of hydrogen-bond acceptors (Lipinski definition) is 5. The van der Waals surface area contributed by atoms with Gasteiger partial charge in [-0.15, -0.1) is 0 Å². The van der Waals surface area contributed by atoms with Crippen LogP contribution in [0.2, 0.25) is 0 Å². The van der Waals surface area contributed by atoms with Crippen molar-refractivity contribution in [1.82, 2.24) is 14.3 Å². The van der Waals surface area contributed by atoms with Crippen LogP contribution < -0.4 is 5.32 Å². The van der Waals surface area contributed by atoms with E-state index in [0.717, 1.165) is 47.9 Å². The molecule has 0 radical (unpaired) electrons. The number of carbonyl (C=O) groups excluding carboxylic acids is 1. The molecule has 28 heavy (non-hydrogen) atoms. The topological polar surface area (TPSA) is 67.8 Å². The molecule has 1 aromatic carbocycles. The summed E-state index contributed by atoms with van der Waals surface area (Å²) in [6.45, 7) is 0. The highest BCUT2D eigenvalue weighted by Gasteiger charge is 2.31. The molecule has 1 N–H and O–H groups in total. The largest absolute Gasteiger partial charge is 0.417 e. The molecule has 0 aliphatic carbocycles. The van der Waals surface area contributed by atoms with Crippen LogP contribution in [-0.2, 0) is 12.4 Å². The summed E-state index contributed by atoms with van der Waals surface area (Å²) in [6.07, 6.45) is -8.41. The molecule has 3 aromatic rings. The fourth-order valence-corrected chi connectivity index (χ4v) is 2.62. The van der Waals surface area contributed by atoms with Crippen LogP contribution in [-0.4, -0.2) is 20.2 Å². The Hall–Kier alpha value is -3.02. The highest BCUT2D eigenvalue weighted by Crippen LogP contribution is 2.30.